The number of rotatable bonds is 9. The number of nitrogens with one attached hydrogen (secondary N) is 1. The van der Waals surface area contributed by atoms with Gasteiger partial charge in [0.2, 0.25) is 0 Å². The first-order chi connectivity index (χ1) is 16.4. The highest BCUT2D eigenvalue weighted by molar-refractivity contribution is 7.99. The maximum atomic E-state index is 12.6. The third-order valence-electron chi connectivity index (χ3n) is 5.18. The molecule has 2 aromatic heterocycles. The Bertz CT molecular complexity index is 1050. The van der Waals surface area contributed by atoms with E-state index in [1.54, 1.807) is 17.6 Å². The second-order valence-electron chi connectivity index (χ2n) is 8.14. The number of nitrogens with zero attached hydrogens (tertiary/aromatic N) is 3. The number of carbonyl (C=O) groups excluding carboxylic acids is 2. The van der Waals surface area contributed by atoms with Crippen molar-refractivity contribution in [3.05, 3.63) is 18.6 Å². The molecular formula is C20H26F3N5O6S. The lowest BCUT2D eigenvalue weighted by molar-refractivity contribution is -0.176. The molecule has 0 aliphatic carbocycles. The highest BCUT2D eigenvalue weighted by Crippen LogP contribution is 2.34. The fourth-order valence-electron chi connectivity index (χ4n) is 3.50. The molecule has 15 heteroatoms. The predicted molar refractivity (Wildman–Crippen MR) is 119 cm³/mol. The van der Waals surface area contributed by atoms with Crippen molar-refractivity contribution >= 4 is 40.5 Å². The molecule has 11 nitrogen and oxygen atoms in total. The van der Waals surface area contributed by atoms with Gasteiger partial charge in [0.05, 0.1) is 17.6 Å². The summed E-state index contributed by atoms with van der Waals surface area (Å²) in [6.45, 7) is 3.06. The highest BCUT2D eigenvalue weighted by Gasteiger charge is 2.44. The van der Waals surface area contributed by atoms with Crippen molar-refractivity contribution in [2.45, 2.75) is 63.1 Å². The number of nitrogen functional groups attached to an aromatic ring is 1. The Morgan fingerprint density at radius 2 is 2.03 bits per heavy atom. The maximum absolute atomic E-state index is 12.6. The number of ether oxygens (including phenoxy) is 2. The standard InChI is InChI=1S/C20H26F3N5O6S/c1-9(2)33-18(31)11(27-19(32)20(21,22)23)4-6-35-7-12-13(29)14(30)17(34-12)28-5-3-10-15(24)25-8-26-16(10)28/h3,5,8-9,11-14,17,29-30H,4,6-7H2,1-2H3,(H,27,32)(H2,24,25,26)/t11-,12+,13+,14+,17+/m0/s1. The van der Waals surface area contributed by atoms with Crippen molar-refractivity contribution in [2.75, 3.05) is 17.2 Å². The van der Waals surface area contributed by atoms with E-state index in [1.165, 1.54) is 36.5 Å². The minimum atomic E-state index is -5.14. The number of aliphatic hydroxyl groups is 2. The summed E-state index contributed by atoms with van der Waals surface area (Å²) in [6.07, 6.45) is -7.32. The fraction of sp³-hybridized carbons (Fsp3) is 0.600. The summed E-state index contributed by atoms with van der Waals surface area (Å²) in [4.78, 5) is 31.5. The number of halogens is 3. The second kappa shape index (κ2) is 11.0. The van der Waals surface area contributed by atoms with Gasteiger partial charge in [0.1, 0.15) is 36.0 Å². The second-order valence-corrected chi connectivity index (χ2v) is 9.29. The van der Waals surface area contributed by atoms with Gasteiger partial charge in [-0.05, 0) is 32.1 Å². The number of anilines is 1. The van der Waals surface area contributed by atoms with Crippen molar-refractivity contribution in [2.24, 2.45) is 0 Å². The molecule has 1 aliphatic rings. The van der Waals surface area contributed by atoms with Gasteiger partial charge in [0.25, 0.3) is 0 Å². The van der Waals surface area contributed by atoms with Crippen LogP contribution in [-0.2, 0) is 19.1 Å². The lowest BCUT2D eigenvalue weighted by Crippen LogP contribution is -2.48. The van der Waals surface area contributed by atoms with Crippen LogP contribution in [0.1, 0.15) is 26.5 Å². The molecule has 1 aliphatic heterocycles. The summed E-state index contributed by atoms with van der Waals surface area (Å²) >= 11 is 1.17. The number of amides is 1. The molecule has 5 N–H and O–H groups in total. The number of alkyl halides is 3. The maximum Gasteiger partial charge on any atom is 0.471 e. The molecule has 0 unspecified atom stereocenters. The normalized spacial score (nSPS) is 23.5. The highest BCUT2D eigenvalue weighted by atomic mass is 32.2. The number of thioether (sulfide) groups is 1. The number of carbonyl (C=O) groups is 2. The summed E-state index contributed by atoms with van der Waals surface area (Å²) in [7, 11) is 0. The number of nitrogens with two attached hydrogens (primary N) is 1. The van der Waals surface area contributed by atoms with Gasteiger partial charge >= 0.3 is 18.1 Å². The molecule has 3 heterocycles. The van der Waals surface area contributed by atoms with E-state index in [-0.39, 0.29) is 23.7 Å². The van der Waals surface area contributed by atoms with Crippen molar-refractivity contribution in [3.63, 3.8) is 0 Å². The number of hydrogen-bond donors (Lipinski definition) is 4. The van der Waals surface area contributed by atoms with Crippen molar-refractivity contribution in [3.8, 4) is 0 Å². The molecule has 2 aromatic rings. The molecule has 1 fully saturated rings. The summed E-state index contributed by atoms with van der Waals surface area (Å²) < 4.78 is 50.2. The van der Waals surface area contributed by atoms with Gasteiger partial charge < -0.3 is 35.3 Å². The van der Waals surface area contributed by atoms with E-state index >= 15 is 0 Å². The van der Waals surface area contributed by atoms with Crippen LogP contribution in [0, 0.1) is 0 Å². The zero-order valence-electron chi connectivity index (χ0n) is 18.8. The van der Waals surface area contributed by atoms with E-state index in [0.717, 1.165) is 0 Å². The Morgan fingerprint density at radius 1 is 1.31 bits per heavy atom. The van der Waals surface area contributed by atoms with Crippen LogP contribution in [0.25, 0.3) is 11.0 Å². The smallest absolute Gasteiger partial charge is 0.461 e. The van der Waals surface area contributed by atoms with Crippen LogP contribution < -0.4 is 11.1 Å². The average molecular weight is 522 g/mol. The van der Waals surface area contributed by atoms with Gasteiger partial charge in [0, 0.05) is 11.9 Å². The first-order valence-corrected chi connectivity index (χ1v) is 11.8. The molecule has 1 amide bonds. The van der Waals surface area contributed by atoms with Gasteiger partial charge in [-0.3, -0.25) is 4.79 Å². The largest absolute Gasteiger partial charge is 0.471 e. The van der Waals surface area contributed by atoms with E-state index in [4.69, 9.17) is 15.2 Å². The van der Waals surface area contributed by atoms with Crippen molar-refractivity contribution in [1.82, 2.24) is 19.9 Å². The molecule has 0 aromatic carbocycles. The minimum absolute atomic E-state index is 0.138. The third-order valence-corrected chi connectivity index (χ3v) is 6.27. The number of hydrogen-bond acceptors (Lipinski definition) is 10. The van der Waals surface area contributed by atoms with E-state index in [0.29, 0.717) is 11.0 Å². The summed E-state index contributed by atoms with van der Waals surface area (Å²) in [5.41, 5.74) is 6.23. The molecule has 0 radical (unpaired) electrons. The Hall–Kier alpha value is -2.62. The fourth-order valence-corrected chi connectivity index (χ4v) is 4.57. The summed E-state index contributed by atoms with van der Waals surface area (Å²) in [6, 6.07) is 0.157. The molecule has 5 atom stereocenters. The van der Waals surface area contributed by atoms with Gasteiger partial charge in [-0.1, -0.05) is 0 Å². The van der Waals surface area contributed by atoms with Crippen LogP contribution in [0.15, 0.2) is 18.6 Å². The third kappa shape index (κ3) is 6.34. The lowest BCUT2D eigenvalue weighted by atomic mass is 10.1. The Morgan fingerprint density at radius 3 is 2.69 bits per heavy atom. The predicted octanol–water partition coefficient (Wildman–Crippen LogP) is 0.755. The SMILES string of the molecule is CC(C)OC(=O)[C@H](CCSC[C@H]1O[C@@H](n2ccc3c(N)ncnc32)[C@H](O)[C@@H]1O)NC(=O)C(F)(F)F. The quantitative estimate of drug-likeness (QED) is 0.274. The number of fused-ring (bicyclic) bond motifs is 1. The van der Waals surface area contributed by atoms with Gasteiger partial charge in [-0.25, -0.2) is 14.8 Å². The monoisotopic (exact) mass is 521 g/mol. The van der Waals surface area contributed by atoms with E-state index < -0.39 is 54.7 Å². The molecule has 35 heavy (non-hydrogen) atoms. The topological polar surface area (TPSA) is 162 Å². The summed E-state index contributed by atoms with van der Waals surface area (Å²) in [5.74, 6) is -2.68. The van der Waals surface area contributed by atoms with E-state index in [2.05, 4.69) is 9.97 Å². The Labute approximate surface area is 202 Å². The zero-order chi connectivity index (χ0) is 25.9. The van der Waals surface area contributed by atoms with E-state index in [9.17, 15) is 33.0 Å². The first-order valence-electron chi connectivity index (χ1n) is 10.6. The zero-order valence-corrected chi connectivity index (χ0v) is 19.6. The molecule has 1 saturated heterocycles. The first kappa shape index (κ1) is 27.0. The van der Waals surface area contributed by atoms with Crippen LogP contribution in [0.3, 0.4) is 0 Å². The molecule has 0 spiro atoms. The number of esters is 1. The average Bonchev–Trinajstić information content (AvgIpc) is 3.31. The van der Waals surface area contributed by atoms with Gasteiger partial charge in [-0.2, -0.15) is 24.9 Å². The van der Waals surface area contributed by atoms with Crippen LogP contribution in [0.4, 0.5) is 19.0 Å². The molecule has 3 rings (SSSR count). The minimum Gasteiger partial charge on any atom is -0.461 e. The van der Waals surface area contributed by atoms with Crippen molar-refractivity contribution < 1.29 is 42.4 Å². The van der Waals surface area contributed by atoms with Crippen molar-refractivity contribution in [1.29, 1.82) is 0 Å². The van der Waals surface area contributed by atoms with Crippen LogP contribution in [0.2, 0.25) is 0 Å². The lowest BCUT2D eigenvalue weighted by Gasteiger charge is -2.20. The number of aliphatic hydroxyl groups excluding tert-OH is 2. The summed E-state index contributed by atoms with van der Waals surface area (Å²) in [5, 5.41) is 23.2. The van der Waals surface area contributed by atoms with Crippen LogP contribution in [-0.4, -0.2) is 84.8 Å². The molecular weight excluding hydrogens is 495 g/mol. The van der Waals surface area contributed by atoms with Crippen LogP contribution in [0.5, 0.6) is 0 Å². The Kier molecular flexibility index (Phi) is 8.46. The Balaban J connectivity index is 1.58. The van der Waals surface area contributed by atoms with Gasteiger partial charge in [0.15, 0.2) is 6.23 Å². The van der Waals surface area contributed by atoms with E-state index in [1.807, 2.05) is 0 Å². The van der Waals surface area contributed by atoms with Gasteiger partial charge in [-0.15, -0.1) is 0 Å². The molecule has 194 valence electrons. The number of aromatic nitrogens is 3. The van der Waals surface area contributed by atoms with Crippen LogP contribution >= 0.6 is 11.8 Å². The molecule has 0 saturated carbocycles. The molecule has 0 bridgehead atoms.